The van der Waals surface area contributed by atoms with Crippen LogP contribution in [0.3, 0.4) is 0 Å². The van der Waals surface area contributed by atoms with Crippen LogP contribution in [-0.2, 0) is 26.3 Å². The smallest absolute Gasteiger partial charge is 0.352 e. The highest BCUT2D eigenvalue weighted by Gasteiger charge is 2.36. The predicted octanol–water partition coefficient (Wildman–Crippen LogP) is 3.67. The summed E-state index contributed by atoms with van der Waals surface area (Å²) in [6.07, 6.45) is -3.09. The van der Waals surface area contributed by atoms with Crippen molar-refractivity contribution >= 4 is 52.9 Å². The van der Waals surface area contributed by atoms with Crippen molar-refractivity contribution in [2.45, 2.75) is 19.3 Å². The van der Waals surface area contributed by atoms with Gasteiger partial charge in [-0.15, -0.1) is 35.3 Å². The number of nitrogens with one attached hydrogen (secondary N) is 1. The van der Waals surface area contributed by atoms with E-state index in [9.17, 15) is 13.2 Å². The van der Waals surface area contributed by atoms with E-state index in [1.807, 2.05) is 12.1 Å². The number of rotatable bonds is 4. The van der Waals surface area contributed by atoms with E-state index in [1.54, 1.807) is 18.4 Å². The van der Waals surface area contributed by atoms with Crippen LogP contribution in [0.15, 0.2) is 23.3 Å². The lowest BCUT2D eigenvalue weighted by Gasteiger charge is -2.36. The number of aliphatic imine (C=N–C) groups is 1. The highest BCUT2D eigenvalue weighted by molar-refractivity contribution is 14.0. The zero-order valence-electron chi connectivity index (χ0n) is 16.0. The van der Waals surface area contributed by atoms with Crippen molar-refractivity contribution in [1.82, 2.24) is 24.9 Å². The second-order valence-corrected chi connectivity index (χ2v) is 8.34. The summed E-state index contributed by atoms with van der Waals surface area (Å²) in [5, 5.41) is 6.57. The fourth-order valence-electron chi connectivity index (χ4n) is 3.19. The summed E-state index contributed by atoms with van der Waals surface area (Å²) in [7, 11) is 3.11. The first-order valence-electron chi connectivity index (χ1n) is 8.78. The summed E-state index contributed by atoms with van der Waals surface area (Å²) < 4.78 is 41.2. The summed E-state index contributed by atoms with van der Waals surface area (Å²) in [6.45, 7) is 4.05. The Morgan fingerprint density at radius 3 is 2.52 bits per heavy atom. The number of hydrogen-bond acceptors (Lipinski definition) is 4. The molecule has 0 saturated carbocycles. The molecule has 1 aliphatic rings. The van der Waals surface area contributed by atoms with Gasteiger partial charge in [0, 0.05) is 70.0 Å². The predicted molar refractivity (Wildman–Crippen MR) is 120 cm³/mol. The van der Waals surface area contributed by atoms with E-state index in [-0.39, 0.29) is 36.1 Å². The molecule has 162 valence electrons. The van der Waals surface area contributed by atoms with Crippen molar-refractivity contribution < 1.29 is 13.2 Å². The number of alkyl halides is 3. The number of aromatic nitrogens is 2. The van der Waals surface area contributed by atoms with E-state index in [0.29, 0.717) is 5.96 Å². The first-order valence-corrected chi connectivity index (χ1v) is 9.97. The number of aryl methyl sites for hydroxylation is 1. The maximum atomic E-state index is 13.1. The van der Waals surface area contributed by atoms with Crippen LogP contribution in [0.4, 0.5) is 13.2 Å². The van der Waals surface area contributed by atoms with Crippen LogP contribution < -0.4 is 5.32 Å². The monoisotopic (exact) mass is 562 g/mol. The fourth-order valence-corrected chi connectivity index (χ4v) is 4.32. The summed E-state index contributed by atoms with van der Waals surface area (Å²) >= 11 is 7.56. The van der Waals surface area contributed by atoms with E-state index >= 15 is 0 Å². The lowest BCUT2D eigenvalue weighted by Crippen LogP contribution is -2.52. The number of guanidine groups is 1. The number of nitrogens with zero attached hydrogens (tertiary/aromatic N) is 5. The molecule has 0 atom stereocenters. The quantitative estimate of drug-likeness (QED) is 0.351. The van der Waals surface area contributed by atoms with Crippen molar-refractivity contribution in [2.75, 3.05) is 33.2 Å². The second kappa shape index (κ2) is 10.3. The molecule has 3 rings (SSSR count). The maximum absolute atomic E-state index is 13.1. The SMILES string of the molecule is CN=C(NCc1cn(C)nc1C(F)(F)F)N1CCN(Cc2ccc(Cl)s2)CC1.I. The van der Waals surface area contributed by atoms with Crippen LogP contribution in [0.1, 0.15) is 16.1 Å². The molecule has 0 unspecified atom stereocenters. The van der Waals surface area contributed by atoms with Crippen LogP contribution in [0, 0.1) is 0 Å². The average molecular weight is 563 g/mol. The topological polar surface area (TPSA) is 48.7 Å². The molecule has 0 amide bonds. The summed E-state index contributed by atoms with van der Waals surface area (Å²) in [5.41, 5.74) is -0.762. The number of thiophene rings is 1. The molecule has 1 saturated heterocycles. The molecule has 1 fully saturated rings. The van der Waals surface area contributed by atoms with Crippen molar-refractivity contribution in [3.63, 3.8) is 0 Å². The summed E-state index contributed by atoms with van der Waals surface area (Å²) in [4.78, 5) is 9.83. The molecule has 0 spiro atoms. The van der Waals surface area contributed by atoms with Gasteiger partial charge in [-0.25, -0.2) is 0 Å². The van der Waals surface area contributed by atoms with Crippen LogP contribution in [0.2, 0.25) is 4.34 Å². The van der Waals surface area contributed by atoms with Gasteiger partial charge >= 0.3 is 6.18 Å². The molecule has 0 aliphatic carbocycles. The lowest BCUT2D eigenvalue weighted by atomic mass is 10.2. The molecular formula is C17H23ClF3IN6S. The van der Waals surface area contributed by atoms with E-state index in [4.69, 9.17) is 11.6 Å². The zero-order chi connectivity index (χ0) is 20.3. The zero-order valence-corrected chi connectivity index (χ0v) is 19.9. The molecular weight excluding hydrogens is 540 g/mol. The minimum absolute atomic E-state index is 0. The Bertz CT molecular complexity index is 829. The van der Waals surface area contributed by atoms with Crippen molar-refractivity contribution in [2.24, 2.45) is 12.0 Å². The molecule has 0 aromatic carbocycles. The number of hydrogen-bond donors (Lipinski definition) is 1. The molecule has 12 heteroatoms. The molecule has 0 radical (unpaired) electrons. The third-order valence-corrected chi connectivity index (χ3v) is 5.72. The second-order valence-electron chi connectivity index (χ2n) is 6.54. The van der Waals surface area contributed by atoms with E-state index in [1.165, 1.54) is 22.8 Å². The number of halogens is 5. The standard InChI is InChI=1S/C17H22ClF3N6S.HI/c1-22-16(23-9-12-10-25(2)24-15(12)17(19,20)21)27-7-5-26(6-8-27)11-13-3-4-14(18)28-13;/h3-4,10H,5-9,11H2,1-2H3,(H,22,23);1H. The molecule has 1 N–H and O–H groups in total. The van der Waals surface area contributed by atoms with Crippen molar-refractivity contribution in [1.29, 1.82) is 0 Å². The minimum atomic E-state index is -4.47. The van der Waals surface area contributed by atoms with Crippen LogP contribution in [0.5, 0.6) is 0 Å². The normalized spacial score (nSPS) is 16.1. The maximum Gasteiger partial charge on any atom is 0.435 e. The van der Waals surface area contributed by atoms with Gasteiger partial charge in [-0.3, -0.25) is 14.6 Å². The van der Waals surface area contributed by atoms with Gasteiger partial charge in [0.1, 0.15) is 0 Å². The van der Waals surface area contributed by atoms with Gasteiger partial charge in [0.25, 0.3) is 0 Å². The fraction of sp³-hybridized carbons (Fsp3) is 0.529. The van der Waals surface area contributed by atoms with Gasteiger partial charge in [-0.05, 0) is 12.1 Å². The first-order chi connectivity index (χ1) is 13.3. The molecule has 2 aromatic heterocycles. The molecule has 2 aromatic rings. The van der Waals surface area contributed by atoms with Crippen LogP contribution in [0.25, 0.3) is 0 Å². The van der Waals surface area contributed by atoms with Crippen molar-refractivity contribution in [3.05, 3.63) is 38.8 Å². The third-order valence-electron chi connectivity index (χ3n) is 4.50. The highest BCUT2D eigenvalue weighted by atomic mass is 127. The Kier molecular flexibility index (Phi) is 8.61. The minimum Gasteiger partial charge on any atom is -0.352 e. The number of piperazine rings is 1. The van der Waals surface area contributed by atoms with Gasteiger partial charge in [0.15, 0.2) is 11.7 Å². The first kappa shape index (κ1) is 24.2. The van der Waals surface area contributed by atoms with Gasteiger partial charge in [0.05, 0.1) is 4.34 Å². The van der Waals surface area contributed by atoms with E-state index in [2.05, 4.69) is 25.2 Å². The molecule has 1 aliphatic heterocycles. The molecule has 3 heterocycles. The van der Waals surface area contributed by atoms with Crippen LogP contribution in [-0.4, -0.2) is 58.8 Å². The van der Waals surface area contributed by atoms with Gasteiger partial charge in [-0.1, -0.05) is 11.6 Å². The Morgan fingerprint density at radius 2 is 1.97 bits per heavy atom. The Labute approximate surface area is 193 Å². The van der Waals surface area contributed by atoms with Crippen molar-refractivity contribution in [3.8, 4) is 0 Å². The van der Waals surface area contributed by atoms with E-state index < -0.39 is 11.9 Å². The average Bonchev–Trinajstić information content (AvgIpc) is 3.22. The highest BCUT2D eigenvalue weighted by Crippen LogP contribution is 2.30. The molecule has 29 heavy (non-hydrogen) atoms. The van der Waals surface area contributed by atoms with Crippen LogP contribution >= 0.6 is 46.9 Å². The lowest BCUT2D eigenvalue weighted by molar-refractivity contribution is -0.142. The van der Waals surface area contributed by atoms with Gasteiger partial charge < -0.3 is 10.2 Å². The van der Waals surface area contributed by atoms with Gasteiger partial charge in [-0.2, -0.15) is 18.3 Å². The van der Waals surface area contributed by atoms with E-state index in [0.717, 1.165) is 37.1 Å². The van der Waals surface area contributed by atoms with Gasteiger partial charge in [0.2, 0.25) is 0 Å². The molecule has 0 bridgehead atoms. The largest absolute Gasteiger partial charge is 0.435 e. The Hall–Kier alpha value is -1.05. The summed E-state index contributed by atoms with van der Waals surface area (Å²) in [6, 6.07) is 3.93. The Balaban J connectivity index is 0.00000300. The summed E-state index contributed by atoms with van der Waals surface area (Å²) in [5.74, 6) is 0.593. The third kappa shape index (κ3) is 6.46. The molecule has 6 nitrogen and oxygen atoms in total. The Morgan fingerprint density at radius 1 is 1.28 bits per heavy atom.